The van der Waals surface area contributed by atoms with E-state index in [0.29, 0.717) is 0 Å². The SMILES string of the molecule is CN=C(NCCCCC(C)C)NCCc1ccc(C)nc1. The van der Waals surface area contributed by atoms with E-state index in [-0.39, 0.29) is 0 Å². The lowest BCUT2D eigenvalue weighted by atomic mass is 10.1. The highest BCUT2D eigenvalue weighted by atomic mass is 15.2. The van der Waals surface area contributed by atoms with Gasteiger partial charge in [-0.1, -0.05) is 32.8 Å². The van der Waals surface area contributed by atoms with Crippen molar-refractivity contribution in [2.24, 2.45) is 10.9 Å². The molecule has 1 aromatic rings. The van der Waals surface area contributed by atoms with Gasteiger partial charge < -0.3 is 10.6 Å². The fraction of sp³-hybridized carbons (Fsp3) is 0.647. The Morgan fingerprint density at radius 3 is 2.57 bits per heavy atom. The highest BCUT2D eigenvalue weighted by Gasteiger charge is 1.99. The third-order valence-electron chi connectivity index (χ3n) is 3.40. The van der Waals surface area contributed by atoms with Crippen molar-refractivity contribution < 1.29 is 0 Å². The number of pyridine rings is 1. The molecule has 0 radical (unpaired) electrons. The zero-order valence-electron chi connectivity index (χ0n) is 13.9. The molecule has 0 spiro atoms. The molecule has 0 atom stereocenters. The third-order valence-corrected chi connectivity index (χ3v) is 3.40. The van der Waals surface area contributed by atoms with Gasteiger partial charge >= 0.3 is 0 Å². The third kappa shape index (κ3) is 8.33. The van der Waals surface area contributed by atoms with Crippen molar-refractivity contribution in [2.45, 2.75) is 46.5 Å². The highest BCUT2D eigenvalue weighted by molar-refractivity contribution is 5.79. The second-order valence-electron chi connectivity index (χ2n) is 5.87. The van der Waals surface area contributed by atoms with Gasteiger partial charge in [0.1, 0.15) is 0 Å². The van der Waals surface area contributed by atoms with Crippen molar-refractivity contribution in [1.29, 1.82) is 0 Å². The van der Waals surface area contributed by atoms with E-state index in [1.165, 1.54) is 24.8 Å². The zero-order chi connectivity index (χ0) is 15.5. The average Bonchev–Trinajstić information content (AvgIpc) is 2.46. The van der Waals surface area contributed by atoms with E-state index in [4.69, 9.17) is 0 Å². The molecule has 0 saturated carbocycles. The van der Waals surface area contributed by atoms with Crippen molar-refractivity contribution in [3.63, 3.8) is 0 Å². The molecule has 1 rings (SSSR count). The van der Waals surface area contributed by atoms with E-state index >= 15 is 0 Å². The summed E-state index contributed by atoms with van der Waals surface area (Å²) in [6.45, 7) is 8.41. The van der Waals surface area contributed by atoms with Crippen LogP contribution in [-0.2, 0) is 6.42 Å². The first kappa shape index (κ1) is 17.5. The number of nitrogens with zero attached hydrogens (tertiary/aromatic N) is 2. The van der Waals surface area contributed by atoms with Gasteiger partial charge in [0.05, 0.1) is 0 Å². The molecule has 4 nitrogen and oxygen atoms in total. The van der Waals surface area contributed by atoms with Crippen LogP contribution < -0.4 is 10.6 Å². The van der Waals surface area contributed by atoms with Crippen LogP contribution in [0.2, 0.25) is 0 Å². The Labute approximate surface area is 129 Å². The van der Waals surface area contributed by atoms with Crippen LogP contribution in [0.15, 0.2) is 23.3 Å². The predicted octanol–water partition coefficient (Wildman–Crippen LogP) is 2.92. The van der Waals surface area contributed by atoms with Gasteiger partial charge in [-0.3, -0.25) is 9.98 Å². The van der Waals surface area contributed by atoms with Crippen LogP contribution in [0.3, 0.4) is 0 Å². The van der Waals surface area contributed by atoms with Crippen molar-refractivity contribution in [1.82, 2.24) is 15.6 Å². The molecule has 2 N–H and O–H groups in total. The average molecular weight is 290 g/mol. The van der Waals surface area contributed by atoms with Crippen LogP contribution in [-0.4, -0.2) is 31.1 Å². The topological polar surface area (TPSA) is 49.3 Å². The highest BCUT2D eigenvalue weighted by Crippen LogP contribution is 2.05. The van der Waals surface area contributed by atoms with Gasteiger partial charge in [-0.2, -0.15) is 0 Å². The normalized spacial score (nSPS) is 11.8. The fourth-order valence-electron chi connectivity index (χ4n) is 2.08. The molecule has 0 amide bonds. The first-order valence-electron chi connectivity index (χ1n) is 7.98. The molecule has 0 aliphatic carbocycles. The monoisotopic (exact) mass is 290 g/mol. The minimum Gasteiger partial charge on any atom is -0.356 e. The number of aliphatic imine (C=N–C) groups is 1. The van der Waals surface area contributed by atoms with E-state index < -0.39 is 0 Å². The summed E-state index contributed by atoms with van der Waals surface area (Å²) < 4.78 is 0. The van der Waals surface area contributed by atoms with Gasteiger partial charge in [0.2, 0.25) is 0 Å². The van der Waals surface area contributed by atoms with Crippen LogP contribution in [0.25, 0.3) is 0 Å². The Balaban J connectivity index is 2.15. The maximum atomic E-state index is 4.31. The van der Waals surface area contributed by atoms with Crippen LogP contribution in [0.4, 0.5) is 0 Å². The lowest BCUT2D eigenvalue weighted by Gasteiger charge is -2.12. The van der Waals surface area contributed by atoms with Crippen molar-refractivity contribution >= 4 is 5.96 Å². The Morgan fingerprint density at radius 1 is 1.19 bits per heavy atom. The second kappa shape index (κ2) is 10.2. The first-order chi connectivity index (χ1) is 10.1. The fourth-order valence-corrected chi connectivity index (χ4v) is 2.08. The molecule has 0 aromatic carbocycles. The molecule has 4 heteroatoms. The maximum absolute atomic E-state index is 4.31. The molecule has 0 bridgehead atoms. The zero-order valence-corrected chi connectivity index (χ0v) is 13.9. The van der Waals surface area contributed by atoms with Gasteiger partial charge in [-0.15, -0.1) is 0 Å². The molecule has 1 heterocycles. The predicted molar refractivity (Wildman–Crippen MR) is 90.7 cm³/mol. The summed E-state index contributed by atoms with van der Waals surface area (Å²) in [6.07, 6.45) is 6.67. The largest absolute Gasteiger partial charge is 0.356 e. The molecular formula is C17H30N4. The molecule has 1 aromatic heterocycles. The second-order valence-corrected chi connectivity index (χ2v) is 5.87. The number of guanidine groups is 1. The smallest absolute Gasteiger partial charge is 0.190 e. The lowest BCUT2D eigenvalue weighted by molar-refractivity contribution is 0.534. The van der Waals surface area contributed by atoms with Crippen LogP contribution in [0.1, 0.15) is 44.4 Å². The summed E-state index contributed by atoms with van der Waals surface area (Å²) in [5.74, 6) is 1.69. The molecule has 0 aliphatic rings. The number of hydrogen-bond donors (Lipinski definition) is 2. The molecular weight excluding hydrogens is 260 g/mol. The minimum atomic E-state index is 0.797. The van der Waals surface area contributed by atoms with Gasteiger partial charge in [0.25, 0.3) is 0 Å². The maximum Gasteiger partial charge on any atom is 0.190 e. The molecule has 0 fully saturated rings. The Bertz CT molecular complexity index is 409. The summed E-state index contributed by atoms with van der Waals surface area (Å²) in [5, 5.41) is 6.71. The van der Waals surface area contributed by atoms with Gasteiger partial charge in [0, 0.05) is 32.0 Å². The molecule has 118 valence electrons. The summed E-state index contributed by atoms with van der Waals surface area (Å²) >= 11 is 0. The molecule has 21 heavy (non-hydrogen) atoms. The summed E-state index contributed by atoms with van der Waals surface area (Å²) in [6, 6.07) is 4.18. The number of aryl methyl sites for hydroxylation is 1. The molecule has 0 aliphatic heterocycles. The van der Waals surface area contributed by atoms with Gasteiger partial charge in [-0.25, -0.2) is 0 Å². The molecule has 0 saturated heterocycles. The lowest BCUT2D eigenvalue weighted by Crippen LogP contribution is -2.38. The summed E-state index contributed by atoms with van der Waals surface area (Å²) in [7, 11) is 1.82. The van der Waals surface area contributed by atoms with Crippen LogP contribution in [0.5, 0.6) is 0 Å². The number of hydrogen-bond acceptors (Lipinski definition) is 2. The Hall–Kier alpha value is -1.58. The van der Waals surface area contributed by atoms with Crippen molar-refractivity contribution in [2.75, 3.05) is 20.1 Å². The number of rotatable bonds is 8. The van der Waals surface area contributed by atoms with Crippen molar-refractivity contribution in [3.8, 4) is 0 Å². The van der Waals surface area contributed by atoms with Crippen molar-refractivity contribution in [3.05, 3.63) is 29.6 Å². The van der Waals surface area contributed by atoms with E-state index in [1.54, 1.807) is 0 Å². The van der Waals surface area contributed by atoms with Crippen LogP contribution >= 0.6 is 0 Å². The van der Waals surface area contributed by atoms with E-state index in [9.17, 15) is 0 Å². The van der Waals surface area contributed by atoms with Crippen LogP contribution in [0, 0.1) is 12.8 Å². The Kier molecular flexibility index (Phi) is 8.48. The van der Waals surface area contributed by atoms with E-state index in [0.717, 1.165) is 37.1 Å². The summed E-state index contributed by atoms with van der Waals surface area (Å²) in [5.41, 5.74) is 2.31. The standard InChI is InChI=1S/C17H30N4/c1-14(2)7-5-6-11-19-17(18-4)20-12-10-16-9-8-15(3)21-13-16/h8-9,13-14H,5-7,10-12H2,1-4H3,(H2,18,19,20). The minimum absolute atomic E-state index is 0.797. The van der Waals surface area contributed by atoms with Gasteiger partial charge in [-0.05, 0) is 37.3 Å². The molecule has 0 unspecified atom stereocenters. The number of aromatic nitrogens is 1. The van der Waals surface area contributed by atoms with E-state index in [2.05, 4.69) is 46.6 Å². The number of unbranched alkanes of at least 4 members (excludes halogenated alkanes) is 1. The Morgan fingerprint density at radius 2 is 1.95 bits per heavy atom. The number of nitrogens with one attached hydrogen (secondary N) is 2. The van der Waals surface area contributed by atoms with E-state index in [1.807, 2.05) is 20.2 Å². The first-order valence-corrected chi connectivity index (χ1v) is 7.98. The van der Waals surface area contributed by atoms with Gasteiger partial charge in [0.15, 0.2) is 5.96 Å². The summed E-state index contributed by atoms with van der Waals surface area (Å²) in [4.78, 5) is 8.55. The quantitative estimate of drug-likeness (QED) is 0.440.